The lowest BCUT2D eigenvalue weighted by Gasteiger charge is -2.25. The van der Waals surface area contributed by atoms with E-state index in [9.17, 15) is 9.90 Å². The monoisotopic (exact) mass is 465 g/mol. The van der Waals surface area contributed by atoms with Gasteiger partial charge in [0.2, 0.25) is 0 Å². The number of aromatic nitrogens is 1. The second-order valence-electron chi connectivity index (χ2n) is 8.74. The summed E-state index contributed by atoms with van der Waals surface area (Å²) in [5.41, 5.74) is 3.93. The van der Waals surface area contributed by atoms with E-state index in [1.165, 1.54) is 5.56 Å². The summed E-state index contributed by atoms with van der Waals surface area (Å²) in [6.07, 6.45) is 6.56. The number of carboxylic acid groups (broad SMARTS) is 1. The molecule has 0 saturated heterocycles. The summed E-state index contributed by atoms with van der Waals surface area (Å²) >= 11 is 0. The van der Waals surface area contributed by atoms with E-state index in [2.05, 4.69) is 16.7 Å². The average Bonchev–Trinajstić information content (AvgIpc) is 3.30. The van der Waals surface area contributed by atoms with Crippen molar-refractivity contribution >= 4 is 5.97 Å². The smallest absolute Gasteiger partial charge is 0.303 e. The first kappa shape index (κ1) is 25.4. The lowest BCUT2D eigenvalue weighted by molar-refractivity contribution is -0.136. The predicted octanol–water partition coefficient (Wildman–Crippen LogP) is 5.20. The lowest BCUT2D eigenvalue weighted by atomic mass is 9.89. The van der Waals surface area contributed by atoms with Crippen LogP contribution < -0.4 is 9.47 Å². The highest BCUT2D eigenvalue weighted by molar-refractivity contribution is 5.67. The number of hydrogen-bond acceptors (Lipinski definition) is 4. The standard InChI is InChI=1S/C28H35NO5/c1-20-25(33-2)16-24(17-26(20)34-3)28(32)23(11-7-10-21-8-5-4-6-9-21)19-29-15-14-22(18-29)12-13-27(30)31/h4-6,8-9,14-18,23,28,32H,7,10-13,19H2,1-3H3,(H,30,31). The first-order valence-electron chi connectivity index (χ1n) is 11.7. The van der Waals surface area contributed by atoms with Crippen LogP contribution in [0.1, 0.15) is 47.6 Å². The number of methoxy groups -OCH3 is 2. The Labute approximate surface area is 201 Å². The number of rotatable bonds is 13. The van der Waals surface area contributed by atoms with Crippen molar-refractivity contribution in [1.82, 2.24) is 4.57 Å². The fourth-order valence-corrected chi connectivity index (χ4v) is 4.39. The quantitative estimate of drug-likeness (QED) is 0.362. The largest absolute Gasteiger partial charge is 0.496 e. The van der Waals surface area contributed by atoms with Crippen molar-refractivity contribution in [2.75, 3.05) is 14.2 Å². The van der Waals surface area contributed by atoms with Gasteiger partial charge in [0.15, 0.2) is 0 Å². The summed E-state index contributed by atoms with van der Waals surface area (Å²) in [5, 5.41) is 20.4. The fraction of sp³-hybridized carbons (Fsp3) is 0.393. The highest BCUT2D eigenvalue weighted by Crippen LogP contribution is 2.36. The molecule has 2 atom stereocenters. The Morgan fingerprint density at radius 2 is 1.68 bits per heavy atom. The molecular weight excluding hydrogens is 430 g/mol. The molecule has 0 bridgehead atoms. The van der Waals surface area contributed by atoms with Crippen molar-refractivity contribution in [2.45, 2.75) is 51.7 Å². The number of aryl methyl sites for hydroxylation is 2. The van der Waals surface area contributed by atoms with Crippen LogP contribution in [0, 0.1) is 12.8 Å². The molecule has 0 aliphatic heterocycles. The summed E-state index contributed by atoms with van der Waals surface area (Å²) in [7, 11) is 3.24. The molecule has 0 fully saturated rings. The Morgan fingerprint density at radius 1 is 1.00 bits per heavy atom. The highest BCUT2D eigenvalue weighted by Gasteiger charge is 2.24. The van der Waals surface area contributed by atoms with Crippen LogP contribution in [0.5, 0.6) is 11.5 Å². The fourth-order valence-electron chi connectivity index (χ4n) is 4.39. The Morgan fingerprint density at radius 3 is 2.29 bits per heavy atom. The van der Waals surface area contributed by atoms with Gasteiger partial charge >= 0.3 is 5.97 Å². The molecule has 182 valence electrons. The maximum atomic E-state index is 11.5. The summed E-state index contributed by atoms with van der Waals surface area (Å²) < 4.78 is 13.1. The predicted molar refractivity (Wildman–Crippen MR) is 133 cm³/mol. The third-order valence-electron chi connectivity index (χ3n) is 6.33. The molecule has 0 saturated carbocycles. The maximum absolute atomic E-state index is 11.5. The molecule has 0 aliphatic carbocycles. The van der Waals surface area contributed by atoms with E-state index < -0.39 is 12.1 Å². The van der Waals surface area contributed by atoms with Gasteiger partial charge in [-0.3, -0.25) is 4.79 Å². The number of hydrogen-bond donors (Lipinski definition) is 2. The molecule has 6 nitrogen and oxygen atoms in total. The second-order valence-corrected chi connectivity index (χ2v) is 8.74. The summed E-state index contributed by atoms with van der Waals surface area (Å²) in [4.78, 5) is 10.9. The van der Waals surface area contributed by atoms with E-state index in [1.807, 2.05) is 55.7 Å². The van der Waals surface area contributed by atoms with E-state index in [0.717, 1.165) is 36.0 Å². The van der Waals surface area contributed by atoms with Crippen LogP contribution in [0.15, 0.2) is 60.9 Å². The summed E-state index contributed by atoms with van der Waals surface area (Å²) in [6.45, 7) is 2.56. The van der Waals surface area contributed by atoms with Gasteiger partial charge in [0.1, 0.15) is 11.5 Å². The molecular formula is C28H35NO5. The average molecular weight is 466 g/mol. The van der Waals surface area contributed by atoms with Gasteiger partial charge in [-0.15, -0.1) is 0 Å². The van der Waals surface area contributed by atoms with Crippen LogP contribution in [-0.4, -0.2) is 35.0 Å². The zero-order valence-corrected chi connectivity index (χ0v) is 20.2. The van der Waals surface area contributed by atoms with Crippen LogP contribution in [0.4, 0.5) is 0 Å². The molecule has 34 heavy (non-hydrogen) atoms. The Hall–Kier alpha value is -3.25. The number of nitrogens with zero attached hydrogens (tertiary/aromatic N) is 1. The Kier molecular flexibility index (Phi) is 9.16. The van der Waals surface area contributed by atoms with E-state index in [4.69, 9.17) is 14.6 Å². The number of benzene rings is 2. The molecule has 1 aromatic heterocycles. The highest BCUT2D eigenvalue weighted by atomic mass is 16.5. The molecule has 6 heteroatoms. The van der Waals surface area contributed by atoms with E-state index in [-0.39, 0.29) is 12.3 Å². The number of aliphatic carboxylic acids is 1. The van der Waals surface area contributed by atoms with Gasteiger partial charge in [-0.2, -0.15) is 0 Å². The number of aliphatic hydroxyl groups is 1. The molecule has 3 aromatic rings. The third kappa shape index (κ3) is 6.87. The first-order chi connectivity index (χ1) is 16.4. The SMILES string of the molecule is COc1cc(C(O)C(CCCc2ccccc2)Cn2ccc(CCC(=O)O)c2)cc(OC)c1C. The number of carbonyl (C=O) groups is 1. The summed E-state index contributed by atoms with van der Waals surface area (Å²) in [6, 6.07) is 16.1. The topological polar surface area (TPSA) is 80.9 Å². The lowest BCUT2D eigenvalue weighted by Crippen LogP contribution is -2.19. The molecule has 0 radical (unpaired) electrons. The van der Waals surface area contributed by atoms with Crippen molar-refractivity contribution in [3.8, 4) is 11.5 Å². The molecule has 3 rings (SSSR count). The van der Waals surface area contributed by atoms with Crippen molar-refractivity contribution in [2.24, 2.45) is 5.92 Å². The minimum atomic E-state index is -0.802. The van der Waals surface area contributed by atoms with Gasteiger partial charge in [0, 0.05) is 36.8 Å². The van der Waals surface area contributed by atoms with Gasteiger partial charge in [-0.25, -0.2) is 0 Å². The summed E-state index contributed by atoms with van der Waals surface area (Å²) in [5.74, 6) is 0.534. The minimum Gasteiger partial charge on any atom is -0.496 e. The van der Waals surface area contributed by atoms with Crippen LogP contribution in [0.3, 0.4) is 0 Å². The van der Waals surface area contributed by atoms with Crippen molar-refractivity contribution in [1.29, 1.82) is 0 Å². The van der Waals surface area contributed by atoms with Gasteiger partial charge in [-0.05, 0) is 67.5 Å². The zero-order chi connectivity index (χ0) is 24.5. The normalized spacial score (nSPS) is 12.8. The number of carboxylic acids is 1. The van der Waals surface area contributed by atoms with Gasteiger partial charge in [0.05, 0.1) is 20.3 Å². The van der Waals surface area contributed by atoms with Crippen LogP contribution in [-0.2, 0) is 24.2 Å². The molecule has 0 aliphatic rings. The maximum Gasteiger partial charge on any atom is 0.303 e. The van der Waals surface area contributed by atoms with Crippen molar-refractivity contribution in [3.63, 3.8) is 0 Å². The minimum absolute atomic E-state index is 0.0412. The Bertz CT molecular complexity index is 1030. The molecule has 2 unspecified atom stereocenters. The molecule has 2 N–H and O–H groups in total. The molecule has 2 aromatic carbocycles. The number of ether oxygens (including phenoxy) is 2. The van der Waals surface area contributed by atoms with Gasteiger partial charge in [0.25, 0.3) is 0 Å². The van der Waals surface area contributed by atoms with E-state index >= 15 is 0 Å². The first-order valence-corrected chi connectivity index (χ1v) is 11.7. The van der Waals surface area contributed by atoms with E-state index in [1.54, 1.807) is 14.2 Å². The number of aliphatic hydroxyl groups excluding tert-OH is 1. The van der Waals surface area contributed by atoms with Gasteiger partial charge in [-0.1, -0.05) is 30.3 Å². The van der Waals surface area contributed by atoms with Crippen molar-refractivity contribution < 1.29 is 24.5 Å². The van der Waals surface area contributed by atoms with Crippen LogP contribution >= 0.6 is 0 Å². The second kappa shape index (κ2) is 12.3. The van der Waals surface area contributed by atoms with Crippen LogP contribution in [0.2, 0.25) is 0 Å². The third-order valence-corrected chi connectivity index (χ3v) is 6.33. The Balaban J connectivity index is 1.79. The van der Waals surface area contributed by atoms with Gasteiger partial charge < -0.3 is 24.3 Å². The molecule has 1 heterocycles. The zero-order valence-electron chi connectivity index (χ0n) is 20.2. The molecule has 0 spiro atoms. The van der Waals surface area contributed by atoms with Crippen molar-refractivity contribution in [3.05, 3.63) is 83.2 Å². The van der Waals surface area contributed by atoms with E-state index in [0.29, 0.717) is 24.5 Å². The molecule has 0 amide bonds. The van der Waals surface area contributed by atoms with Crippen LogP contribution in [0.25, 0.3) is 0 Å².